The number of benzene rings is 4. The zero-order valence-corrected chi connectivity index (χ0v) is 18.3. The number of carbonyl (C=O) groups excluding carboxylic acids is 2. The van der Waals surface area contributed by atoms with E-state index in [0.29, 0.717) is 10.5 Å². The van der Waals surface area contributed by atoms with Crippen molar-refractivity contribution < 1.29 is 9.59 Å². The van der Waals surface area contributed by atoms with Crippen molar-refractivity contribution in [1.29, 1.82) is 0 Å². The van der Waals surface area contributed by atoms with Gasteiger partial charge in [-0.2, -0.15) is 0 Å². The summed E-state index contributed by atoms with van der Waals surface area (Å²) in [5.74, 6) is -0.772. The zero-order chi connectivity index (χ0) is 21.5. The van der Waals surface area contributed by atoms with Crippen LogP contribution in [0, 0.1) is 6.92 Å². The highest BCUT2D eigenvalue weighted by Gasteiger charge is 2.37. The fraction of sp³-hybridized carbons (Fsp3) is 0.0385. The second-order valence-corrected chi connectivity index (χ2v) is 9.10. The molecule has 0 N–H and O–H groups in total. The number of carbonyl (C=O) groups is 2. The first-order valence-electron chi connectivity index (χ1n) is 9.82. The van der Waals surface area contributed by atoms with Crippen LogP contribution in [0.4, 0.5) is 0 Å². The Hall–Kier alpha value is -3.28. The third-order valence-electron chi connectivity index (χ3n) is 5.38. The van der Waals surface area contributed by atoms with Crippen molar-refractivity contribution in [2.45, 2.75) is 6.92 Å². The number of imide groups is 1. The van der Waals surface area contributed by atoms with Gasteiger partial charge in [0, 0.05) is 5.56 Å². The van der Waals surface area contributed by atoms with Crippen LogP contribution >= 0.6 is 24.0 Å². The van der Waals surface area contributed by atoms with Gasteiger partial charge in [0.05, 0.1) is 4.91 Å². The zero-order valence-electron chi connectivity index (χ0n) is 16.7. The lowest BCUT2D eigenvalue weighted by atomic mass is 9.96. The minimum atomic E-state index is -0.395. The third kappa shape index (κ3) is 3.46. The summed E-state index contributed by atoms with van der Waals surface area (Å²) in [6, 6.07) is 25.5. The molecule has 0 saturated carbocycles. The lowest BCUT2D eigenvalue weighted by molar-refractivity contribution is -0.120. The number of amides is 2. The summed E-state index contributed by atoms with van der Waals surface area (Å²) in [4.78, 5) is 27.7. The molecule has 4 aromatic rings. The normalized spacial score (nSPS) is 15.4. The van der Waals surface area contributed by atoms with Crippen LogP contribution in [0.3, 0.4) is 0 Å². The molecule has 0 bridgehead atoms. The van der Waals surface area contributed by atoms with Crippen LogP contribution in [-0.2, 0) is 4.79 Å². The largest absolute Gasteiger partial charge is 0.273 e. The van der Waals surface area contributed by atoms with Crippen molar-refractivity contribution in [3.05, 3.63) is 100 Å². The molecule has 1 aliphatic rings. The number of thioether (sulfide) groups is 1. The molecule has 0 aliphatic carbocycles. The number of hydrogen-bond donors (Lipinski definition) is 0. The molecule has 3 nitrogen and oxygen atoms in total. The van der Waals surface area contributed by atoms with Crippen LogP contribution < -0.4 is 0 Å². The highest BCUT2D eigenvalue weighted by molar-refractivity contribution is 8.26. The van der Waals surface area contributed by atoms with Crippen LogP contribution in [0.5, 0.6) is 0 Å². The van der Waals surface area contributed by atoms with Crippen molar-refractivity contribution in [3.8, 4) is 0 Å². The SMILES string of the molecule is Cc1ccc(C(=O)N2C(=O)C(=Cc3c4ccccc4cc4ccccc34)SC2=S)cc1. The summed E-state index contributed by atoms with van der Waals surface area (Å²) in [5, 5.41) is 4.30. The quantitative estimate of drug-likeness (QED) is 0.158. The minimum absolute atomic E-state index is 0.256. The van der Waals surface area contributed by atoms with E-state index < -0.39 is 5.91 Å². The molecule has 0 unspecified atom stereocenters. The lowest BCUT2D eigenvalue weighted by Gasteiger charge is -2.12. The average molecular weight is 440 g/mol. The van der Waals surface area contributed by atoms with E-state index in [1.54, 1.807) is 12.1 Å². The summed E-state index contributed by atoms with van der Waals surface area (Å²) < 4.78 is 0.256. The number of hydrogen-bond acceptors (Lipinski definition) is 4. The first kappa shape index (κ1) is 19.7. The van der Waals surface area contributed by atoms with Gasteiger partial charge in [0.2, 0.25) is 0 Å². The molecule has 5 heteroatoms. The molecular formula is C26H17NO2S2. The van der Waals surface area contributed by atoms with Gasteiger partial charge in [-0.05, 0) is 58.3 Å². The second kappa shape index (κ2) is 7.76. The fourth-order valence-electron chi connectivity index (χ4n) is 3.80. The van der Waals surface area contributed by atoms with Gasteiger partial charge in [0.25, 0.3) is 11.8 Å². The van der Waals surface area contributed by atoms with Gasteiger partial charge >= 0.3 is 0 Å². The van der Waals surface area contributed by atoms with Crippen molar-refractivity contribution in [3.63, 3.8) is 0 Å². The van der Waals surface area contributed by atoms with E-state index in [1.165, 1.54) is 11.8 Å². The summed E-state index contributed by atoms with van der Waals surface area (Å²) in [6.45, 7) is 1.95. The first-order valence-corrected chi connectivity index (χ1v) is 11.0. The number of thiocarbonyl (C=S) groups is 1. The van der Waals surface area contributed by atoms with Crippen molar-refractivity contribution in [1.82, 2.24) is 4.90 Å². The van der Waals surface area contributed by atoms with E-state index >= 15 is 0 Å². The molecule has 150 valence electrons. The number of nitrogens with zero attached hydrogens (tertiary/aromatic N) is 1. The predicted octanol–water partition coefficient (Wildman–Crippen LogP) is 6.34. The van der Waals surface area contributed by atoms with E-state index in [2.05, 4.69) is 18.2 Å². The van der Waals surface area contributed by atoms with E-state index in [9.17, 15) is 9.59 Å². The molecule has 1 aliphatic heterocycles. The summed E-state index contributed by atoms with van der Waals surface area (Å²) in [5.41, 5.74) is 2.44. The standard InChI is InChI=1S/C26H17NO2S2/c1-16-10-12-17(13-11-16)24(28)27-25(29)23(31-26(27)30)15-22-20-8-4-2-6-18(20)14-19-7-3-5-9-21(19)22/h2-15H,1H3. The molecule has 31 heavy (non-hydrogen) atoms. The summed E-state index contributed by atoms with van der Waals surface area (Å²) in [7, 11) is 0. The maximum atomic E-state index is 13.2. The Morgan fingerprint density at radius 1 is 0.903 bits per heavy atom. The molecule has 2 amide bonds. The van der Waals surface area contributed by atoms with E-state index in [4.69, 9.17) is 12.2 Å². The lowest BCUT2D eigenvalue weighted by Crippen LogP contribution is -2.34. The van der Waals surface area contributed by atoms with Crippen molar-refractivity contribution in [2.75, 3.05) is 0 Å². The number of fused-ring (bicyclic) bond motifs is 2. The van der Waals surface area contributed by atoms with Crippen LogP contribution in [0.2, 0.25) is 0 Å². The third-order valence-corrected chi connectivity index (χ3v) is 6.69. The van der Waals surface area contributed by atoms with Crippen LogP contribution in [-0.4, -0.2) is 21.0 Å². The second-order valence-electron chi connectivity index (χ2n) is 7.42. The summed E-state index contributed by atoms with van der Waals surface area (Å²) in [6.07, 6.45) is 1.87. The minimum Gasteiger partial charge on any atom is -0.268 e. The highest BCUT2D eigenvalue weighted by atomic mass is 32.2. The van der Waals surface area contributed by atoms with Crippen molar-refractivity contribution >= 4 is 67.7 Å². The maximum Gasteiger partial charge on any atom is 0.273 e. The van der Waals surface area contributed by atoms with Gasteiger partial charge in [-0.1, -0.05) is 90.2 Å². The van der Waals surface area contributed by atoms with E-state index in [0.717, 1.165) is 37.6 Å². The Balaban J connectivity index is 1.61. The maximum absolute atomic E-state index is 13.2. The molecule has 0 atom stereocenters. The highest BCUT2D eigenvalue weighted by Crippen LogP contribution is 2.37. The van der Waals surface area contributed by atoms with E-state index in [1.807, 2.05) is 61.5 Å². The van der Waals surface area contributed by atoms with Gasteiger partial charge in [-0.25, -0.2) is 4.90 Å². The van der Waals surface area contributed by atoms with Crippen molar-refractivity contribution in [2.24, 2.45) is 0 Å². The molecule has 4 aromatic carbocycles. The monoisotopic (exact) mass is 439 g/mol. The molecule has 0 spiro atoms. The predicted molar refractivity (Wildman–Crippen MR) is 132 cm³/mol. The van der Waals surface area contributed by atoms with Gasteiger partial charge < -0.3 is 0 Å². The molecular weight excluding hydrogens is 422 g/mol. The number of aryl methyl sites for hydroxylation is 1. The van der Waals surface area contributed by atoms with E-state index in [-0.39, 0.29) is 10.2 Å². The Morgan fingerprint density at radius 3 is 2.10 bits per heavy atom. The van der Waals surface area contributed by atoms with Gasteiger partial charge in [-0.3, -0.25) is 9.59 Å². The Bertz CT molecular complexity index is 1370. The molecule has 1 heterocycles. The molecule has 5 rings (SSSR count). The van der Waals surface area contributed by atoms with Crippen LogP contribution in [0.1, 0.15) is 21.5 Å². The molecule has 1 saturated heterocycles. The summed E-state index contributed by atoms with van der Waals surface area (Å²) >= 11 is 6.58. The topological polar surface area (TPSA) is 37.4 Å². The Kier molecular flexibility index (Phi) is 4.93. The molecule has 0 aromatic heterocycles. The van der Waals surface area contributed by atoms with Gasteiger partial charge in [0.15, 0.2) is 4.32 Å². The first-order chi connectivity index (χ1) is 15.0. The van der Waals surface area contributed by atoms with Crippen LogP contribution in [0.15, 0.2) is 83.8 Å². The van der Waals surface area contributed by atoms with Gasteiger partial charge in [0.1, 0.15) is 0 Å². The Morgan fingerprint density at radius 2 is 1.48 bits per heavy atom. The van der Waals surface area contributed by atoms with Crippen LogP contribution in [0.25, 0.3) is 27.6 Å². The molecule has 1 fully saturated rings. The molecule has 0 radical (unpaired) electrons. The fourth-order valence-corrected chi connectivity index (χ4v) is 5.04. The smallest absolute Gasteiger partial charge is 0.268 e. The number of rotatable bonds is 2. The van der Waals surface area contributed by atoms with Gasteiger partial charge in [-0.15, -0.1) is 0 Å². The Labute approximate surface area is 189 Å². The average Bonchev–Trinajstić information content (AvgIpc) is 3.06.